The highest BCUT2D eigenvalue weighted by atomic mass is 32.2. The second-order valence-electron chi connectivity index (χ2n) is 4.87. The number of fused-ring (bicyclic) bond motifs is 1. The number of hydrogen-bond donors (Lipinski definition) is 2. The highest BCUT2D eigenvalue weighted by molar-refractivity contribution is 8.00. The van der Waals surface area contributed by atoms with E-state index in [1.165, 1.54) is 16.4 Å². The van der Waals surface area contributed by atoms with Gasteiger partial charge in [-0.3, -0.25) is 4.79 Å². The summed E-state index contributed by atoms with van der Waals surface area (Å²) in [5.41, 5.74) is 12.5. The van der Waals surface area contributed by atoms with E-state index in [1.54, 1.807) is 11.3 Å². The summed E-state index contributed by atoms with van der Waals surface area (Å²) in [7, 11) is 0. The molecule has 0 bridgehead atoms. The van der Waals surface area contributed by atoms with Gasteiger partial charge in [-0.2, -0.15) is 4.68 Å². The first kappa shape index (κ1) is 15.5. The van der Waals surface area contributed by atoms with Crippen molar-refractivity contribution in [3.63, 3.8) is 0 Å². The van der Waals surface area contributed by atoms with Gasteiger partial charge < -0.3 is 11.5 Å². The quantitative estimate of drug-likeness (QED) is 0.491. The van der Waals surface area contributed by atoms with Gasteiger partial charge in [0.2, 0.25) is 11.6 Å². The van der Waals surface area contributed by atoms with E-state index < -0.39 is 5.91 Å². The number of thiazole rings is 1. The van der Waals surface area contributed by atoms with Gasteiger partial charge in [0.05, 0.1) is 15.9 Å². The highest BCUT2D eigenvalue weighted by Gasteiger charge is 2.22. The van der Waals surface area contributed by atoms with Crippen molar-refractivity contribution in [3.8, 4) is 5.82 Å². The Morgan fingerprint density at radius 3 is 2.88 bits per heavy atom. The SMILES string of the molecule is NC(=O)c1nnn(-c2nonc2N)c1CSc1nc2ccccc2s1. The standard InChI is InChI=1S/C13H10N8O2S2/c14-10-12(19-23-18-10)21-7(9(11(15)22)17-20-21)5-24-13-16-6-3-1-2-4-8(6)25-13/h1-4H,5H2,(H2,14,18)(H2,15,22). The molecule has 0 saturated carbocycles. The summed E-state index contributed by atoms with van der Waals surface area (Å²) >= 11 is 2.99. The number of primary amides is 1. The van der Waals surface area contributed by atoms with Crippen LogP contribution in [0.5, 0.6) is 0 Å². The molecule has 0 fully saturated rings. The number of thioether (sulfide) groups is 1. The molecule has 3 heterocycles. The smallest absolute Gasteiger partial charge is 0.271 e. The van der Waals surface area contributed by atoms with E-state index in [4.69, 9.17) is 11.5 Å². The van der Waals surface area contributed by atoms with Gasteiger partial charge in [0.15, 0.2) is 10.0 Å². The minimum absolute atomic E-state index is 0.0344. The van der Waals surface area contributed by atoms with E-state index in [1.807, 2.05) is 24.3 Å². The van der Waals surface area contributed by atoms with Crippen molar-refractivity contribution in [1.82, 2.24) is 30.3 Å². The molecule has 4 rings (SSSR count). The number of carbonyl (C=O) groups is 1. The van der Waals surface area contributed by atoms with Crippen LogP contribution in [0.2, 0.25) is 0 Å². The minimum Gasteiger partial charge on any atom is -0.378 e. The summed E-state index contributed by atoms with van der Waals surface area (Å²) in [6, 6.07) is 7.83. The molecular formula is C13H10N8O2S2. The number of nitrogen functional groups attached to an aromatic ring is 1. The molecule has 25 heavy (non-hydrogen) atoms. The molecule has 4 N–H and O–H groups in total. The van der Waals surface area contributed by atoms with E-state index in [-0.39, 0.29) is 17.3 Å². The van der Waals surface area contributed by atoms with E-state index in [0.29, 0.717) is 11.4 Å². The molecule has 3 aromatic heterocycles. The molecule has 0 aliphatic rings. The van der Waals surface area contributed by atoms with Crippen molar-refractivity contribution in [2.24, 2.45) is 5.73 Å². The van der Waals surface area contributed by atoms with Crippen LogP contribution < -0.4 is 11.5 Å². The normalized spacial score (nSPS) is 11.2. The maximum absolute atomic E-state index is 11.6. The Kier molecular flexibility index (Phi) is 3.82. The number of anilines is 1. The molecule has 12 heteroatoms. The number of rotatable bonds is 5. The summed E-state index contributed by atoms with van der Waals surface area (Å²) in [6.07, 6.45) is 0. The van der Waals surface area contributed by atoms with Crippen LogP contribution in [-0.2, 0) is 5.75 Å². The Hall–Kier alpha value is -2.99. The van der Waals surface area contributed by atoms with Gasteiger partial charge in [-0.05, 0) is 22.4 Å². The van der Waals surface area contributed by atoms with E-state index in [9.17, 15) is 4.79 Å². The Morgan fingerprint density at radius 2 is 2.16 bits per heavy atom. The van der Waals surface area contributed by atoms with Crippen LogP contribution in [0.25, 0.3) is 16.0 Å². The first-order chi connectivity index (χ1) is 12.1. The zero-order valence-corrected chi connectivity index (χ0v) is 14.1. The highest BCUT2D eigenvalue weighted by Crippen LogP contribution is 2.32. The molecule has 126 valence electrons. The van der Waals surface area contributed by atoms with Gasteiger partial charge in [0.1, 0.15) is 0 Å². The van der Waals surface area contributed by atoms with Crippen LogP contribution >= 0.6 is 23.1 Å². The number of carbonyl (C=O) groups excluding carboxylic acids is 1. The van der Waals surface area contributed by atoms with Crippen molar-refractivity contribution < 1.29 is 9.42 Å². The number of amides is 1. The third-order valence-electron chi connectivity index (χ3n) is 3.30. The fourth-order valence-electron chi connectivity index (χ4n) is 2.17. The number of benzene rings is 1. The lowest BCUT2D eigenvalue weighted by molar-refractivity contribution is 0.0995. The van der Waals surface area contributed by atoms with Gasteiger partial charge in [-0.1, -0.05) is 29.1 Å². The first-order valence-corrected chi connectivity index (χ1v) is 8.75. The van der Waals surface area contributed by atoms with E-state index >= 15 is 0 Å². The Morgan fingerprint density at radius 1 is 1.32 bits per heavy atom. The molecule has 1 aromatic carbocycles. The molecule has 0 atom stereocenters. The van der Waals surface area contributed by atoms with Crippen molar-refractivity contribution in [3.05, 3.63) is 35.7 Å². The molecular weight excluding hydrogens is 364 g/mol. The topological polar surface area (TPSA) is 152 Å². The van der Waals surface area contributed by atoms with E-state index in [0.717, 1.165) is 14.6 Å². The van der Waals surface area contributed by atoms with Crippen LogP contribution in [0.3, 0.4) is 0 Å². The fraction of sp³-hybridized carbons (Fsp3) is 0.0769. The van der Waals surface area contributed by atoms with Crippen LogP contribution in [0, 0.1) is 0 Å². The third-order valence-corrected chi connectivity index (χ3v) is 5.49. The van der Waals surface area contributed by atoms with Crippen molar-refractivity contribution >= 4 is 45.0 Å². The molecule has 0 aliphatic heterocycles. The van der Waals surface area contributed by atoms with E-state index in [2.05, 4.69) is 30.2 Å². The molecule has 10 nitrogen and oxygen atoms in total. The van der Waals surface area contributed by atoms with Gasteiger partial charge in [0.25, 0.3) is 5.91 Å². The first-order valence-electron chi connectivity index (χ1n) is 6.94. The largest absolute Gasteiger partial charge is 0.378 e. The number of hydrogen-bond acceptors (Lipinski definition) is 10. The van der Waals surface area contributed by atoms with Crippen molar-refractivity contribution in [2.75, 3.05) is 5.73 Å². The van der Waals surface area contributed by atoms with Gasteiger partial charge >= 0.3 is 0 Å². The zero-order chi connectivity index (χ0) is 17.4. The second-order valence-corrected chi connectivity index (χ2v) is 7.12. The summed E-state index contributed by atoms with van der Waals surface area (Å²) in [6.45, 7) is 0. The average molecular weight is 374 g/mol. The monoisotopic (exact) mass is 374 g/mol. The van der Waals surface area contributed by atoms with Crippen LogP contribution in [0.15, 0.2) is 33.2 Å². The summed E-state index contributed by atoms with van der Waals surface area (Å²) in [5.74, 6) is -0.162. The molecule has 0 saturated heterocycles. The maximum Gasteiger partial charge on any atom is 0.271 e. The predicted octanol–water partition coefficient (Wildman–Crippen LogP) is 1.23. The molecule has 0 radical (unpaired) electrons. The summed E-state index contributed by atoms with van der Waals surface area (Å²) < 4.78 is 7.80. The van der Waals surface area contributed by atoms with Crippen molar-refractivity contribution in [2.45, 2.75) is 10.1 Å². The number of nitrogens with two attached hydrogens (primary N) is 2. The van der Waals surface area contributed by atoms with Crippen LogP contribution in [0.4, 0.5) is 5.82 Å². The summed E-state index contributed by atoms with van der Waals surface area (Å²) in [4.78, 5) is 16.2. The van der Waals surface area contributed by atoms with Crippen LogP contribution in [0.1, 0.15) is 16.2 Å². The third kappa shape index (κ3) is 2.81. The van der Waals surface area contributed by atoms with Crippen LogP contribution in [-0.4, -0.2) is 36.2 Å². The lowest BCUT2D eigenvalue weighted by Crippen LogP contribution is -2.15. The Bertz CT molecular complexity index is 1040. The zero-order valence-electron chi connectivity index (χ0n) is 12.5. The van der Waals surface area contributed by atoms with Gasteiger partial charge in [0, 0.05) is 5.75 Å². The number of aromatic nitrogens is 6. The molecule has 0 spiro atoms. The molecule has 1 amide bonds. The fourth-order valence-corrected chi connectivity index (χ4v) is 4.23. The maximum atomic E-state index is 11.6. The molecule has 0 aliphatic carbocycles. The van der Waals surface area contributed by atoms with Gasteiger partial charge in [-0.15, -0.1) is 16.4 Å². The van der Waals surface area contributed by atoms with Crippen molar-refractivity contribution in [1.29, 1.82) is 0 Å². The lowest BCUT2D eigenvalue weighted by atomic mass is 10.3. The predicted molar refractivity (Wildman–Crippen MR) is 91.3 cm³/mol. The summed E-state index contributed by atoms with van der Waals surface area (Å²) in [5, 5.41) is 14.9. The number of para-hydroxylation sites is 1. The molecule has 4 aromatic rings. The average Bonchev–Trinajstić information content (AvgIpc) is 3.29. The molecule has 0 unspecified atom stereocenters. The Labute approximate surface area is 148 Å². The second kappa shape index (κ2) is 6.14. The number of nitrogens with zero attached hydrogens (tertiary/aromatic N) is 6. The van der Waals surface area contributed by atoms with Gasteiger partial charge in [-0.25, -0.2) is 9.61 Å². The Balaban J connectivity index is 1.68. The lowest BCUT2D eigenvalue weighted by Gasteiger charge is -2.02. The minimum atomic E-state index is -0.693.